The maximum absolute atomic E-state index is 12.0. The number of amides is 1. The number of carbonyl (C=O) groups is 1. The number of carbonyl (C=O) groups excluding carboxylic acids is 1. The first-order valence-electron chi connectivity index (χ1n) is 5.63. The first kappa shape index (κ1) is 13.4. The lowest BCUT2D eigenvalue weighted by Crippen LogP contribution is -2.30. The van der Waals surface area contributed by atoms with Crippen LogP contribution in [0.25, 0.3) is 0 Å². The molecule has 1 rings (SSSR count). The standard InChI is InChI=1S/C12H20N4O/c1-15(2)8-5-9-16(3)12(17)11-10(13)6-4-7-14-11/h4,6-7H,5,8-9,13H2,1-3H3. The Kier molecular flexibility index (Phi) is 4.90. The van der Waals surface area contributed by atoms with Gasteiger partial charge in [0.15, 0.2) is 5.69 Å². The molecule has 1 heterocycles. The topological polar surface area (TPSA) is 62.5 Å². The van der Waals surface area contributed by atoms with Crippen LogP contribution in [0.4, 0.5) is 5.69 Å². The first-order valence-corrected chi connectivity index (χ1v) is 5.63. The minimum atomic E-state index is -0.123. The van der Waals surface area contributed by atoms with Crippen LogP contribution in [-0.4, -0.2) is 54.9 Å². The highest BCUT2D eigenvalue weighted by atomic mass is 16.2. The summed E-state index contributed by atoms with van der Waals surface area (Å²) in [5, 5.41) is 0. The molecule has 94 valence electrons. The minimum absolute atomic E-state index is 0.123. The van der Waals surface area contributed by atoms with Crippen LogP contribution in [0, 0.1) is 0 Å². The molecule has 5 heteroatoms. The molecule has 0 unspecified atom stereocenters. The van der Waals surface area contributed by atoms with Crippen LogP contribution in [0.3, 0.4) is 0 Å². The summed E-state index contributed by atoms with van der Waals surface area (Å²) in [5.74, 6) is -0.123. The zero-order chi connectivity index (χ0) is 12.8. The van der Waals surface area contributed by atoms with E-state index in [1.165, 1.54) is 0 Å². The zero-order valence-corrected chi connectivity index (χ0v) is 10.7. The summed E-state index contributed by atoms with van der Waals surface area (Å²) in [6.07, 6.45) is 2.51. The zero-order valence-electron chi connectivity index (χ0n) is 10.7. The van der Waals surface area contributed by atoms with Crippen molar-refractivity contribution >= 4 is 11.6 Å². The molecular weight excluding hydrogens is 216 g/mol. The summed E-state index contributed by atoms with van der Waals surface area (Å²) in [5.41, 5.74) is 6.48. The Labute approximate surface area is 102 Å². The average molecular weight is 236 g/mol. The second kappa shape index (κ2) is 6.20. The van der Waals surface area contributed by atoms with Gasteiger partial charge in [0.2, 0.25) is 0 Å². The highest BCUT2D eigenvalue weighted by molar-refractivity contribution is 5.96. The van der Waals surface area contributed by atoms with E-state index < -0.39 is 0 Å². The van der Waals surface area contributed by atoms with Gasteiger partial charge in [-0.25, -0.2) is 4.98 Å². The van der Waals surface area contributed by atoms with Gasteiger partial charge in [-0.15, -0.1) is 0 Å². The number of nitrogens with two attached hydrogens (primary N) is 1. The first-order chi connectivity index (χ1) is 8.02. The van der Waals surface area contributed by atoms with Crippen molar-refractivity contribution in [1.29, 1.82) is 0 Å². The van der Waals surface area contributed by atoms with Gasteiger partial charge in [0.1, 0.15) is 0 Å². The van der Waals surface area contributed by atoms with Crippen molar-refractivity contribution in [3.05, 3.63) is 24.0 Å². The Morgan fingerprint density at radius 1 is 1.35 bits per heavy atom. The predicted molar refractivity (Wildman–Crippen MR) is 68.8 cm³/mol. The van der Waals surface area contributed by atoms with Gasteiger partial charge < -0.3 is 15.5 Å². The van der Waals surface area contributed by atoms with E-state index in [1.54, 1.807) is 30.3 Å². The molecule has 1 amide bonds. The van der Waals surface area contributed by atoms with Crippen LogP contribution in [0.1, 0.15) is 16.9 Å². The van der Waals surface area contributed by atoms with E-state index in [9.17, 15) is 4.79 Å². The Morgan fingerprint density at radius 2 is 2.06 bits per heavy atom. The number of pyridine rings is 1. The lowest BCUT2D eigenvalue weighted by molar-refractivity contribution is 0.0786. The molecule has 17 heavy (non-hydrogen) atoms. The lowest BCUT2D eigenvalue weighted by atomic mass is 10.2. The fourth-order valence-corrected chi connectivity index (χ4v) is 1.50. The van der Waals surface area contributed by atoms with Crippen LogP contribution in [-0.2, 0) is 0 Å². The molecule has 5 nitrogen and oxygen atoms in total. The third-order valence-electron chi connectivity index (χ3n) is 2.49. The molecule has 1 aromatic heterocycles. The number of hydrogen-bond acceptors (Lipinski definition) is 4. The van der Waals surface area contributed by atoms with E-state index in [0.29, 0.717) is 17.9 Å². The normalized spacial score (nSPS) is 10.6. The van der Waals surface area contributed by atoms with E-state index >= 15 is 0 Å². The lowest BCUT2D eigenvalue weighted by Gasteiger charge is -2.18. The van der Waals surface area contributed by atoms with Crippen LogP contribution in [0.5, 0.6) is 0 Å². The van der Waals surface area contributed by atoms with Crippen molar-refractivity contribution in [2.75, 3.05) is 40.0 Å². The van der Waals surface area contributed by atoms with Gasteiger partial charge in [0.05, 0.1) is 5.69 Å². The smallest absolute Gasteiger partial charge is 0.274 e. The Balaban J connectivity index is 2.55. The molecule has 0 aromatic carbocycles. The van der Waals surface area contributed by atoms with E-state index in [-0.39, 0.29) is 5.91 Å². The van der Waals surface area contributed by atoms with E-state index in [0.717, 1.165) is 13.0 Å². The number of nitrogens with zero attached hydrogens (tertiary/aromatic N) is 3. The number of rotatable bonds is 5. The van der Waals surface area contributed by atoms with Crippen LogP contribution in [0.15, 0.2) is 18.3 Å². The van der Waals surface area contributed by atoms with Gasteiger partial charge in [-0.2, -0.15) is 0 Å². The SMILES string of the molecule is CN(C)CCCN(C)C(=O)c1ncccc1N. The van der Waals surface area contributed by atoms with Crippen molar-refractivity contribution in [2.24, 2.45) is 0 Å². The number of hydrogen-bond donors (Lipinski definition) is 1. The quantitative estimate of drug-likeness (QED) is 0.817. The average Bonchev–Trinajstić information content (AvgIpc) is 2.28. The highest BCUT2D eigenvalue weighted by Gasteiger charge is 2.15. The summed E-state index contributed by atoms with van der Waals surface area (Å²) in [6.45, 7) is 1.66. The summed E-state index contributed by atoms with van der Waals surface area (Å²) in [4.78, 5) is 19.8. The van der Waals surface area contributed by atoms with E-state index in [1.807, 2.05) is 14.1 Å². The monoisotopic (exact) mass is 236 g/mol. The fraction of sp³-hybridized carbons (Fsp3) is 0.500. The van der Waals surface area contributed by atoms with Gasteiger partial charge in [-0.3, -0.25) is 4.79 Å². The number of nitrogen functional groups attached to an aromatic ring is 1. The minimum Gasteiger partial charge on any atom is -0.397 e. The summed E-state index contributed by atoms with van der Waals surface area (Å²) >= 11 is 0. The predicted octanol–water partition coefficient (Wildman–Crippen LogP) is 0.687. The molecule has 2 N–H and O–H groups in total. The van der Waals surface area contributed by atoms with Crippen LogP contribution in [0.2, 0.25) is 0 Å². The van der Waals surface area contributed by atoms with Crippen molar-refractivity contribution in [1.82, 2.24) is 14.8 Å². The molecule has 0 aliphatic rings. The summed E-state index contributed by atoms with van der Waals surface area (Å²) in [7, 11) is 5.79. The molecular formula is C12H20N4O. The molecule has 0 aliphatic heterocycles. The molecule has 0 bridgehead atoms. The van der Waals surface area contributed by atoms with Gasteiger partial charge >= 0.3 is 0 Å². The third-order valence-corrected chi connectivity index (χ3v) is 2.49. The largest absolute Gasteiger partial charge is 0.397 e. The molecule has 0 saturated carbocycles. The fourth-order valence-electron chi connectivity index (χ4n) is 1.50. The van der Waals surface area contributed by atoms with Crippen LogP contribution >= 0.6 is 0 Å². The molecule has 0 spiro atoms. The summed E-state index contributed by atoms with van der Waals surface area (Å²) in [6, 6.07) is 3.41. The molecule has 0 aliphatic carbocycles. The van der Waals surface area contributed by atoms with Crippen molar-refractivity contribution in [2.45, 2.75) is 6.42 Å². The Morgan fingerprint density at radius 3 is 2.65 bits per heavy atom. The summed E-state index contributed by atoms with van der Waals surface area (Å²) < 4.78 is 0. The molecule has 1 aromatic rings. The van der Waals surface area contributed by atoms with E-state index in [4.69, 9.17) is 5.73 Å². The molecule has 0 radical (unpaired) electrons. The molecule has 0 atom stereocenters. The maximum Gasteiger partial charge on any atom is 0.274 e. The Hall–Kier alpha value is -1.62. The maximum atomic E-state index is 12.0. The van der Waals surface area contributed by atoms with Gasteiger partial charge in [0, 0.05) is 19.8 Å². The van der Waals surface area contributed by atoms with Gasteiger partial charge in [-0.1, -0.05) is 0 Å². The second-order valence-electron chi connectivity index (χ2n) is 4.32. The van der Waals surface area contributed by atoms with E-state index in [2.05, 4.69) is 9.88 Å². The third kappa shape index (κ3) is 4.03. The second-order valence-corrected chi connectivity index (χ2v) is 4.32. The van der Waals surface area contributed by atoms with Crippen molar-refractivity contribution in [3.8, 4) is 0 Å². The van der Waals surface area contributed by atoms with Crippen molar-refractivity contribution < 1.29 is 4.79 Å². The van der Waals surface area contributed by atoms with Gasteiger partial charge in [0.25, 0.3) is 5.91 Å². The molecule has 0 saturated heterocycles. The van der Waals surface area contributed by atoms with Crippen molar-refractivity contribution in [3.63, 3.8) is 0 Å². The van der Waals surface area contributed by atoms with Gasteiger partial charge in [-0.05, 0) is 39.2 Å². The molecule has 0 fully saturated rings. The number of aromatic nitrogens is 1. The number of anilines is 1. The Bertz CT molecular complexity index is 379. The van der Waals surface area contributed by atoms with Crippen LogP contribution < -0.4 is 5.73 Å². The highest BCUT2D eigenvalue weighted by Crippen LogP contribution is 2.09.